The molecule has 0 N–H and O–H groups in total. The fraction of sp³-hybridized carbons (Fsp3) is 0.391. The highest BCUT2D eigenvalue weighted by Crippen LogP contribution is 2.18. The van der Waals surface area contributed by atoms with E-state index in [2.05, 4.69) is 0 Å². The van der Waals surface area contributed by atoms with Gasteiger partial charge < -0.3 is 9.47 Å². The van der Waals surface area contributed by atoms with Gasteiger partial charge in [0.15, 0.2) is 0 Å². The molecule has 4 nitrogen and oxygen atoms in total. The molecule has 0 radical (unpaired) electrons. The molecule has 2 aromatic rings. The monoisotopic (exact) mass is 368 g/mol. The summed E-state index contributed by atoms with van der Waals surface area (Å²) in [4.78, 5) is 24.9. The van der Waals surface area contributed by atoms with E-state index in [-0.39, 0.29) is 24.1 Å². The number of hydrogen-bond acceptors (Lipinski definition) is 4. The third-order valence-corrected chi connectivity index (χ3v) is 4.71. The third kappa shape index (κ3) is 5.68. The molecule has 144 valence electrons. The van der Waals surface area contributed by atoms with Gasteiger partial charge in [-0.15, -0.1) is 0 Å². The van der Waals surface area contributed by atoms with Gasteiger partial charge in [0.2, 0.25) is 0 Å². The maximum absolute atomic E-state index is 12.5. The second-order valence-electron chi connectivity index (χ2n) is 6.74. The van der Waals surface area contributed by atoms with E-state index in [9.17, 15) is 9.59 Å². The zero-order chi connectivity index (χ0) is 19.8. The van der Waals surface area contributed by atoms with Crippen molar-refractivity contribution < 1.29 is 19.1 Å². The maximum atomic E-state index is 12.5. The SMILES string of the molecule is CCC(CC(CC)OC(=O)c1ccccc1C)OC(=O)c1ccccc1C. The summed E-state index contributed by atoms with van der Waals surface area (Å²) in [6.45, 7) is 7.70. The van der Waals surface area contributed by atoms with Crippen molar-refractivity contribution in [1.82, 2.24) is 0 Å². The average molecular weight is 368 g/mol. The molecule has 0 amide bonds. The Morgan fingerprint density at radius 3 is 1.44 bits per heavy atom. The summed E-state index contributed by atoms with van der Waals surface area (Å²) in [6.07, 6.45) is 1.22. The van der Waals surface area contributed by atoms with E-state index in [1.54, 1.807) is 12.1 Å². The largest absolute Gasteiger partial charge is 0.459 e. The Morgan fingerprint density at radius 1 is 0.741 bits per heavy atom. The molecule has 0 saturated heterocycles. The van der Waals surface area contributed by atoms with E-state index in [4.69, 9.17) is 9.47 Å². The molecule has 0 saturated carbocycles. The first-order chi connectivity index (χ1) is 13.0. The molecule has 0 bridgehead atoms. The Balaban J connectivity index is 2.00. The van der Waals surface area contributed by atoms with E-state index in [1.807, 2.05) is 64.1 Å². The van der Waals surface area contributed by atoms with Crippen LogP contribution in [-0.2, 0) is 9.47 Å². The fourth-order valence-corrected chi connectivity index (χ4v) is 2.92. The van der Waals surface area contributed by atoms with Gasteiger partial charge in [0.25, 0.3) is 0 Å². The van der Waals surface area contributed by atoms with Crippen LogP contribution >= 0.6 is 0 Å². The van der Waals surface area contributed by atoms with Gasteiger partial charge >= 0.3 is 11.9 Å². The Kier molecular flexibility index (Phi) is 7.59. The van der Waals surface area contributed by atoms with E-state index in [1.165, 1.54) is 0 Å². The molecule has 0 spiro atoms. The van der Waals surface area contributed by atoms with Crippen molar-refractivity contribution >= 4 is 11.9 Å². The van der Waals surface area contributed by atoms with Crippen LogP contribution in [0.1, 0.15) is 65.0 Å². The van der Waals surface area contributed by atoms with Gasteiger partial charge in [-0.2, -0.15) is 0 Å². The lowest BCUT2D eigenvalue weighted by Gasteiger charge is -2.23. The summed E-state index contributed by atoms with van der Waals surface area (Å²) in [5.41, 5.74) is 2.91. The van der Waals surface area contributed by atoms with Gasteiger partial charge in [-0.1, -0.05) is 50.2 Å². The average Bonchev–Trinajstić information content (AvgIpc) is 2.67. The molecule has 0 aliphatic heterocycles. The zero-order valence-corrected chi connectivity index (χ0v) is 16.5. The highest BCUT2D eigenvalue weighted by atomic mass is 16.6. The van der Waals surface area contributed by atoms with Crippen molar-refractivity contribution in [3.63, 3.8) is 0 Å². The lowest BCUT2D eigenvalue weighted by atomic mass is 10.1. The Bertz CT molecular complexity index is 716. The molecular formula is C23H28O4. The van der Waals surface area contributed by atoms with Crippen LogP contribution in [0.4, 0.5) is 0 Å². The number of aryl methyl sites for hydroxylation is 2. The molecule has 0 aliphatic rings. The number of hydrogen-bond donors (Lipinski definition) is 0. The van der Waals surface area contributed by atoms with Gasteiger partial charge in [0.1, 0.15) is 12.2 Å². The topological polar surface area (TPSA) is 52.6 Å². The Morgan fingerprint density at radius 2 is 1.11 bits per heavy atom. The van der Waals surface area contributed by atoms with Gasteiger partial charge in [0, 0.05) is 6.42 Å². The van der Waals surface area contributed by atoms with Crippen LogP contribution in [0, 0.1) is 13.8 Å². The third-order valence-electron chi connectivity index (χ3n) is 4.71. The summed E-state index contributed by atoms with van der Waals surface area (Å²) < 4.78 is 11.4. The van der Waals surface area contributed by atoms with Gasteiger partial charge in [0.05, 0.1) is 11.1 Å². The van der Waals surface area contributed by atoms with Crippen molar-refractivity contribution in [2.75, 3.05) is 0 Å². The number of ether oxygens (including phenoxy) is 2. The lowest BCUT2D eigenvalue weighted by Crippen LogP contribution is -2.27. The van der Waals surface area contributed by atoms with Crippen LogP contribution in [0.3, 0.4) is 0 Å². The Labute approximate surface area is 161 Å². The quantitative estimate of drug-likeness (QED) is 0.596. The minimum Gasteiger partial charge on any atom is -0.459 e. The second-order valence-corrected chi connectivity index (χ2v) is 6.74. The van der Waals surface area contributed by atoms with Crippen LogP contribution in [0.15, 0.2) is 48.5 Å². The normalized spacial score (nSPS) is 12.9. The number of carbonyl (C=O) groups excluding carboxylic acids is 2. The number of rotatable bonds is 8. The van der Waals surface area contributed by atoms with Gasteiger partial charge in [-0.25, -0.2) is 9.59 Å². The number of carbonyl (C=O) groups is 2. The molecule has 0 aliphatic carbocycles. The van der Waals surface area contributed by atoms with Crippen LogP contribution in [0.5, 0.6) is 0 Å². The minimum atomic E-state index is -0.333. The maximum Gasteiger partial charge on any atom is 0.338 e. The van der Waals surface area contributed by atoms with Crippen LogP contribution in [-0.4, -0.2) is 24.1 Å². The second kappa shape index (κ2) is 9.91. The van der Waals surface area contributed by atoms with E-state index >= 15 is 0 Å². The van der Waals surface area contributed by atoms with E-state index in [0.717, 1.165) is 11.1 Å². The molecule has 2 unspecified atom stereocenters. The molecule has 2 atom stereocenters. The first-order valence-electron chi connectivity index (χ1n) is 9.49. The Hall–Kier alpha value is -2.62. The smallest absolute Gasteiger partial charge is 0.338 e. The van der Waals surface area contributed by atoms with Gasteiger partial charge in [-0.3, -0.25) is 0 Å². The molecule has 0 fully saturated rings. The first-order valence-corrected chi connectivity index (χ1v) is 9.49. The molecule has 4 heteroatoms. The standard InChI is InChI=1S/C23H28O4/c1-5-18(26-22(24)20-13-9-7-11-16(20)3)15-19(6-2)27-23(25)21-14-10-8-12-17(21)4/h7-14,18-19H,5-6,15H2,1-4H3. The molecular weight excluding hydrogens is 340 g/mol. The fourth-order valence-electron chi connectivity index (χ4n) is 2.92. The summed E-state index contributed by atoms with van der Waals surface area (Å²) in [5.74, 6) is -0.667. The lowest BCUT2D eigenvalue weighted by molar-refractivity contribution is -0.00194. The minimum absolute atomic E-state index is 0.299. The molecule has 0 aromatic heterocycles. The van der Waals surface area contributed by atoms with Crippen molar-refractivity contribution in [3.8, 4) is 0 Å². The summed E-state index contributed by atoms with van der Waals surface area (Å²) >= 11 is 0. The molecule has 27 heavy (non-hydrogen) atoms. The number of esters is 2. The van der Waals surface area contributed by atoms with Crippen LogP contribution in [0.25, 0.3) is 0 Å². The predicted octanol–water partition coefficient (Wildman–Crippen LogP) is 5.26. The molecule has 2 rings (SSSR count). The van der Waals surface area contributed by atoms with Crippen LogP contribution < -0.4 is 0 Å². The van der Waals surface area contributed by atoms with Gasteiger partial charge in [-0.05, 0) is 49.9 Å². The molecule has 0 heterocycles. The van der Waals surface area contributed by atoms with Crippen molar-refractivity contribution in [3.05, 3.63) is 70.8 Å². The zero-order valence-electron chi connectivity index (χ0n) is 16.5. The van der Waals surface area contributed by atoms with Crippen molar-refractivity contribution in [2.24, 2.45) is 0 Å². The number of benzene rings is 2. The summed E-state index contributed by atoms with van der Waals surface area (Å²) in [6, 6.07) is 14.7. The highest BCUT2D eigenvalue weighted by molar-refractivity contribution is 5.91. The molecule has 2 aromatic carbocycles. The van der Waals surface area contributed by atoms with Crippen molar-refractivity contribution in [1.29, 1.82) is 0 Å². The van der Waals surface area contributed by atoms with E-state index < -0.39 is 0 Å². The highest BCUT2D eigenvalue weighted by Gasteiger charge is 2.23. The first kappa shape index (κ1) is 20.7. The van der Waals surface area contributed by atoms with E-state index in [0.29, 0.717) is 30.4 Å². The summed E-state index contributed by atoms with van der Waals surface area (Å²) in [7, 11) is 0. The predicted molar refractivity (Wildman–Crippen MR) is 106 cm³/mol. The van der Waals surface area contributed by atoms with Crippen molar-refractivity contribution in [2.45, 2.75) is 59.2 Å². The van der Waals surface area contributed by atoms with Crippen LogP contribution in [0.2, 0.25) is 0 Å². The summed E-state index contributed by atoms with van der Waals surface area (Å²) in [5, 5.41) is 0.